The molecule has 1 aromatic carbocycles. The van der Waals surface area contributed by atoms with Gasteiger partial charge >= 0.3 is 5.97 Å². The maximum atomic E-state index is 11.1. The second-order valence-electron chi connectivity index (χ2n) is 3.64. The van der Waals surface area contributed by atoms with Crippen molar-refractivity contribution in [1.29, 1.82) is 0 Å². The number of hydrogen-bond donors (Lipinski definition) is 1. The van der Waals surface area contributed by atoms with Crippen molar-refractivity contribution in [2.24, 2.45) is 0 Å². The quantitative estimate of drug-likeness (QED) is 0.498. The molecule has 1 N–H and O–H groups in total. The first-order valence-corrected chi connectivity index (χ1v) is 5.71. The van der Waals surface area contributed by atoms with Gasteiger partial charge in [0.2, 0.25) is 0 Å². The third-order valence-electron chi connectivity index (χ3n) is 2.30. The largest absolute Gasteiger partial charge is 0.466 e. The lowest BCUT2D eigenvalue weighted by molar-refractivity contribution is -0.136. The number of methoxy groups -OCH3 is 1. The maximum Gasteiger partial charge on any atom is 0.333 e. The fourth-order valence-corrected chi connectivity index (χ4v) is 1.41. The zero-order valence-corrected chi connectivity index (χ0v) is 10.8. The van der Waals surface area contributed by atoms with Crippen molar-refractivity contribution in [2.75, 3.05) is 13.7 Å². The molecular weight excluding hydrogens is 238 g/mol. The van der Waals surface area contributed by atoms with Crippen molar-refractivity contribution in [3.8, 4) is 0 Å². The minimum atomic E-state index is -0.293. The van der Waals surface area contributed by atoms with E-state index >= 15 is 0 Å². The predicted octanol–water partition coefficient (Wildman–Crippen LogP) is 2.55. The van der Waals surface area contributed by atoms with Crippen LogP contribution in [0.25, 0.3) is 0 Å². The van der Waals surface area contributed by atoms with E-state index in [1.165, 1.54) is 7.11 Å². The van der Waals surface area contributed by atoms with E-state index in [0.717, 1.165) is 17.1 Å². The Balaban J connectivity index is 2.33. The Labute approximate surface area is 106 Å². The van der Waals surface area contributed by atoms with E-state index in [9.17, 15) is 4.79 Å². The lowest BCUT2D eigenvalue weighted by atomic mass is 10.2. The number of ether oxygens (including phenoxy) is 1. The van der Waals surface area contributed by atoms with Crippen molar-refractivity contribution in [1.82, 2.24) is 5.32 Å². The molecule has 0 aliphatic rings. The molecule has 17 heavy (non-hydrogen) atoms. The van der Waals surface area contributed by atoms with Crippen molar-refractivity contribution in [3.05, 3.63) is 46.5 Å². The standard InChI is InChI=1S/C13H16ClNO2/c1-10(13(16)17-2)7-8-15-9-11-3-5-12(14)6-4-11/h3-7,15H,8-9H2,1-2H3/b10-7+. The molecule has 0 spiro atoms. The number of benzene rings is 1. The molecule has 0 unspecified atom stereocenters. The second-order valence-corrected chi connectivity index (χ2v) is 4.07. The molecule has 0 amide bonds. The Bertz CT molecular complexity index is 398. The van der Waals surface area contributed by atoms with E-state index in [1.54, 1.807) is 6.92 Å². The molecule has 0 bridgehead atoms. The Hall–Kier alpha value is -1.32. The van der Waals surface area contributed by atoms with Gasteiger partial charge in [-0.25, -0.2) is 4.79 Å². The lowest BCUT2D eigenvalue weighted by Crippen LogP contribution is -2.14. The smallest absolute Gasteiger partial charge is 0.333 e. The van der Waals surface area contributed by atoms with Gasteiger partial charge in [-0.15, -0.1) is 0 Å². The van der Waals surface area contributed by atoms with E-state index < -0.39 is 0 Å². The highest BCUT2D eigenvalue weighted by atomic mass is 35.5. The van der Waals surface area contributed by atoms with E-state index in [2.05, 4.69) is 10.1 Å². The molecule has 4 heteroatoms. The van der Waals surface area contributed by atoms with Crippen LogP contribution >= 0.6 is 11.6 Å². The van der Waals surface area contributed by atoms with Crippen LogP contribution in [-0.2, 0) is 16.1 Å². The van der Waals surface area contributed by atoms with Crippen molar-refractivity contribution in [3.63, 3.8) is 0 Å². The minimum absolute atomic E-state index is 0.293. The fraction of sp³-hybridized carbons (Fsp3) is 0.308. The van der Waals surface area contributed by atoms with Gasteiger partial charge in [0.1, 0.15) is 0 Å². The summed E-state index contributed by atoms with van der Waals surface area (Å²) in [4.78, 5) is 11.1. The third kappa shape index (κ3) is 5.02. The van der Waals surface area contributed by atoms with Gasteiger partial charge in [-0.1, -0.05) is 29.8 Å². The number of nitrogens with one attached hydrogen (secondary N) is 1. The van der Waals surface area contributed by atoms with Crippen LogP contribution in [0.3, 0.4) is 0 Å². The average molecular weight is 254 g/mol. The number of esters is 1. The van der Waals surface area contributed by atoms with Gasteiger partial charge in [0.05, 0.1) is 7.11 Å². The van der Waals surface area contributed by atoms with E-state index in [-0.39, 0.29) is 5.97 Å². The second kappa shape index (κ2) is 7.09. The summed E-state index contributed by atoms with van der Waals surface area (Å²) in [6.45, 7) is 3.10. The van der Waals surface area contributed by atoms with Gasteiger partial charge < -0.3 is 10.1 Å². The number of hydrogen-bond acceptors (Lipinski definition) is 3. The average Bonchev–Trinajstić information content (AvgIpc) is 2.35. The molecule has 0 aromatic heterocycles. The van der Waals surface area contributed by atoms with E-state index in [0.29, 0.717) is 12.1 Å². The van der Waals surface area contributed by atoms with Crippen molar-refractivity contribution < 1.29 is 9.53 Å². The van der Waals surface area contributed by atoms with Crippen LogP contribution in [0.4, 0.5) is 0 Å². The molecule has 0 saturated carbocycles. The molecular formula is C13H16ClNO2. The van der Waals surface area contributed by atoms with Crippen LogP contribution < -0.4 is 5.32 Å². The van der Waals surface area contributed by atoms with Gasteiger partial charge in [0, 0.05) is 23.7 Å². The van der Waals surface area contributed by atoms with Gasteiger partial charge in [0.25, 0.3) is 0 Å². The molecule has 92 valence electrons. The van der Waals surface area contributed by atoms with Crippen LogP contribution in [0, 0.1) is 0 Å². The number of carbonyl (C=O) groups is 1. The number of carbonyl (C=O) groups excluding carboxylic acids is 1. The summed E-state index contributed by atoms with van der Waals surface area (Å²) in [6, 6.07) is 7.64. The summed E-state index contributed by atoms with van der Waals surface area (Å²) >= 11 is 5.78. The van der Waals surface area contributed by atoms with Crippen molar-refractivity contribution in [2.45, 2.75) is 13.5 Å². The normalized spacial score (nSPS) is 11.4. The SMILES string of the molecule is COC(=O)/C(C)=C/CNCc1ccc(Cl)cc1. The Morgan fingerprint density at radius 1 is 1.41 bits per heavy atom. The molecule has 0 atom stereocenters. The first-order valence-electron chi connectivity index (χ1n) is 5.33. The minimum Gasteiger partial charge on any atom is -0.466 e. The highest BCUT2D eigenvalue weighted by Crippen LogP contribution is 2.08. The molecule has 0 fully saturated rings. The summed E-state index contributed by atoms with van der Waals surface area (Å²) in [7, 11) is 1.38. The van der Waals surface area contributed by atoms with Crippen LogP contribution in [-0.4, -0.2) is 19.6 Å². The van der Waals surface area contributed by atoms with Gasteiger partial charge in [0.15, 0.2) is 0 Å². The van der Waals surface area contributed by atoms with Gasteiger partial charge in [-0.3, -0.25) is 0 Å². The Kier molecular flexibility index (Phi) is 5.73. The van der Waals surface area contributed by atoms with Gasteiger partial charge in [-0.2, -0.15) is 0 Å². The topological polar surface area (TPSA) is 38.3 Å². The van der Waals surface area contributed by atoms with E-state index in [4.69, 9.17) is 11.6 Å². The molecule has 0 saturated heterocycles. The van der Waals surface area contributed by atoms with Crippen molar-refractivity contribution >= 4 is 17.6 Å². The first kappa shape index (κ1) is 13.7. The third-order valence-corrected chi connectivity index (χ3v) is 2.55. The fourth-order valence-electron chi connectivity index (χ4n) is 1.29. The highest BCUT2D eigenvalue weighted by molar-refractivity contribution is 6.30. The van der Waals surface area contributed by atoms with Crippen LogP contribution in [0.1, 0.15) is 12.5 Å². The summed E-state index contributed by atoms with van der Waals surface area (Å²) < 4.78 is 4.59. The Morgan fingerprint density at radius 2 is 2.06 bits per heavy atom. The molecule has 3 nitrogen and oxygen atoms in total. The molecule has 0 heterocycles. The summed E-state index contributed by atoms with van der Waals surface area (Å²) in [6.07, 6.45) is 1.81. The zero-order chi connectivity index (χ0) is 12.7. The molecule has 1 aromatic rings. The van der Waals surface area contributed by atoms with Gasteiger partial charge in [-0.05, 0) is 24.6 Å². The first-order chi connectivity index (χ1) is 8.13. The molecule has 0 aliphatic heterocycles. The van der Waals surface area contributed by atoms with E-state index in [1.807, 2.05) is 30.3 Å². The Morgan fingerprint density at radius 3 is 2.65 bits per heavy atom. The summed E-state index contributed by atoms with van der Waals surface area (Å²) in [5, 5.41) is 3.94. The van der Waals surface area contributed by atoms with Crippen LogP contribution in [0.2, 0.25) is 5.02 Å². The maximum absolute atomic E-state index is 11.1. The number of rotatable bonds is 5. The summed E-state index contributed by atoms with van der Waals surface area (Å²) in [5.74, 6) is -0.293. The molecule has 0 aliphatic carbocycles. The lowest BCUT2D eigenvalue weighted by Gasteiger charge is -2.03. The van der Waals surface area contributed by atoms with Crippen LogP contribution in [0.15, 0.2) is 35.9 Å². The molecule has 1 rings (SSSR count). The highest BCUT2D eigenvalue weighted by Gasteiger charge is 2.01. The molecule has 0 radical (unpaired) electrons. The monoisotopic (exact) mass is 253 g/mol. The zero-order valence-electron chi connectivity index (χ0n) is 10.00. The summed E-state index contributed by atoms with van der Waals surface area (Å²) in [5.41, 5.74) is 1.76. The predicted molar refractivity (Wildman–Crippen MR) is 68.9 cm³/mol. The van der Waals surface area contributed by atoms with Crippen LogP contribution in [0.5, 0.6) is 0 Å². The number of halogens is 1.